The zero-order valence-corrected chi connectivity index (χ0v) is 19.2. The average molecular weight is 437 g/mol. The van der Waals surface area contributed by atoms with Crippen molar-refractivity contribution in [1.82, 2.24) is 24.2 Å². The minimum absolute atomic E-state index is 0.369. The molecule has 1 atom stereocenters. The molecule has 6 nitrogen and oxygen atoms in total. The lowest BCUT2D eigenvalue weighted by Gasteiger charge is -2.40. The standard InChI is InChI=1S/C24H32N6S/c1-18-22(31-17-25-18)16-27-11-12-29(13-19-7-8-19)21(15-27)20-14-30-23(26-20)5-4-6-24(30)28-9-2-3-10-28/h4-6,14,17,19,21H,2-3,7-13,15-16H2,1H3/t21-/m0/s1. The molecule has 5 heterocycles. The molecule has 3 fully saturated rings. The molecule has 1 aliphatic carbocycles. The second-order valence-electron chi connectivity index (χ2n) is 9.52. The van der Waals surface area contributed by atoms with Crippen LogP contribution in [0.25, 0.3) is 5.65 Å². The molecular weight excluding hydrogens is 404 g/mol. The van der Waals surface area contributed by atoms with E-state index in [0.29, 0.717) is 6.04 Å². The van der Waals surface area contributed by atoms with Crippen LogP contribution in [0.5, 0.6) is 0 Å². The van der Waals surface area contributed by atoms with Gasteiger partial charge in [-0.25, -0.2) is 9.97 Å². The third kappa shape index (κ3) is 3.99. The van der Waals surface area contributed by atoms with Gasteiger partial charge in [0, 0.05) is 56.9 Å². The quantitative estimate of drug-likeness (QED) is 0.585. The summed E-state index contributed by atoms with van der Waals surface area (Å²) in [4.78, 5) is 18.9. The van der Waals surface area contributed by atoms with E-state index in [1.165, 1.54) is 54.3 Å². The summed E-state index contributed by atoms with van der Waals surface area (Å²) in [6.07, 6.45) is 7.72. The van der Waals surface area contributed by atoms with Crippen LogP contribution in [0.2, 0.25) is 0 Å². The van der Waals surface area contributed by atoms with E-state index in [4.69, 9.17) is 4.98 Å². The first kappa shape index (κ1) is 19.7. The van der Waals surface area contributed by atoms with Gasteiger partial charge in [0.25, 0.3) is 0 Å². The average Bonchev–Trinajstić information content (AvgIpc) is 3.16. The summed E-state index contributed by atoms with van der Waals surface area (Å²) in [5.41, 5.74) is 5.48. The van der Waals surface area contributed by atoms with Gasteiger partial charge in [0.2, 0.25) is 0 Å². The van der Waals surface area contributed by atoms with Gasteiger partial charge in [-0.1, -0.05) is 6.07 Å². The molecule has 0 amide bonds. The largest absolute Gasteiger partial charge is 0.358 e. The number of aryl methyl sites for hydroxylation is 1. The Bertz CT molecular complexity index is 1050. The predicted molar refractivity (Wildman–Crippen MR) is 126 cm³/mol. The lowest BCUT2D eigenvalue weighted by atomic mass is 10.1. The van der Waals surface area contributed by atoms with Crippen LogP contribution in [0.15, 0.2) is 29.9 Å². The summed E-state index contributed by atoms with van der Waals surface area (Å²) >= 11 is 1.79. The fraction of sp³-hybridized carbons (Fsp3) is 0.583. The smallest absolute Gasteiger partial charge is 0.138 e. The summed E-state index contributed by atoms with van der Waals surface area (Å²) in [7, 11) is 0. The molecule has 0 unspecified atom stereocenters. The molecule has 3 aliphatic rings. The van der Waals surface area contributed by atoms with Crippen LogP contribution in [-0.2, 0) is 6.54 Å². The van der Waals surface area contributed by atoms with Gasteiger partial charge in [0.05, 0.1) is 22.9 Å². The van der Waals surface area contributed by atoms with Crippen molar-refractivity contribution in [3.05, 3.63) is 46.2 Å². The van der Waals surface area contributed by atoms with Crippen molar-refractivity contribution in [3.8, 4) is 0 Å². The molecule has 0 radical (unpaired) electrons. The fourth-order valence-electron chi connectivity index (χ4n) is 5.21. The normalized spacial score (nSPS) is 23.3. The van der Waals surface area contributed by atoms with Gasteiger partial charge < -0.3 is 4.90 Å². The van der Waals surface area contributed by atoms with Crippen molar-refractivity contribution < 1.29 is 0 Å². The Morgan fingerprint density at radius 3 is 2.74 bits per heavy atom. The Kier molecular flexibility index (Phi) is 5.20. The molecule has 31 heavy (non-hydrogen) atoms. The Balaban J connectivity index is 1.30. The van der Waals surface area contributed by atoms with Crippen molar-refractivity contribution in [2.45, 2.75) is 45.2 Å². The van der Waals surface area contributed by atoms with Crippen LogP contribution in [0.3, 0.4) is 0 Å². The lowest BCUT2D eigenvalue weighted by molar-refractivity contribution is 0.0644. The number of aromatic nitrogens is 3. The number of rotatable bonds is 6. The monoisotopic (exact) mass is 436 g/mol. The molecule has 164 valence electrons. The maximum absolute atomic E-state index is 5.15. The first-order valence-corrected chi connectivity index (χ1v) is 12.7. The number of hydrogen-bond acceptors (Lipinski definition) is 6. The van der Waals surface area contributed by atoms with Crippen molar-refractivity contribution in [3.63, 3.8) is 0 Å². The molecule has 6 rings (SSSR count). The van der Waals surface area contributed by atoms with E-state index in [-0.39, 0.29) is 0 Å². The molecular formula is C24H32N6S. The molecule has 0 bridgehead atoms. The van der Waals surface area contributed by atoms with E-state index >= 15 is 0 Å². The van der Waals surface area contributed by atoms with Gasteiger partial charge in [-0.05, 0) is 50.7 Å². The second kappa shape index (κ2) is 8.19. The van der Waals surface area contributed by atoms with E-state index < -0.39 is 0 Å². The minimum Gasteiger partial charge on any atom is -0.358 e. The highest BCUT2D eigenvalue weighted by Crippen LogP contribution is 2.35. The fourth-order valence-corrected chi connectivity index (χ4v) is 6.03. The minimum atomic E-state index is 0.369. The van der Waals surface area contributed by atoms with Gasteiger partial charge in [0.15, 0.2) is 0 Å². The van der Waals surface area contributed by atoms with Crippen LogP contribution in [0.1, 0.15) is 48.0 Å². The van der Waals surface area contributed by atoms with E-state index in [9.17, 15) is 0 Å². The zero-order valence-electron chi connectivity index (χ0n) is 18.4. The molecule has 3 aromatic rings. The number of hydrogen-bond donors (Lipinski definition) is 0. The SMILES string of the molecule is Cc1ncsc1CN1CCN(CC2CC2)[C@H](c2cn3c(N4CCCC4)cccc3n2)C1. The Hall–Kier alpha value is -1.96. The highest BCUT2D eigenvalue weighted by atomic mass is 32.1. The molecule has 0 aromatic carbocycles. The van der Waals surface area contributed by atoms with Crippen molar-refractivity contribution in [1.29, 1.82) is 0 Å². The molecule has 7 heteroatoms. The summed E-state index contributed by atoms with van der Waals surface area (Å²) in [6, 6.07) is 6.96. The number of piperazine rings is 1. The number of imidazole rings is 1. The van der Waals surface area contributed by atoms with Gasteiger partial charge in [0.1, 0.15) is 11.5 Å². The van der Waals surface area contributed by atoms with Gasteiger partial charge in [-0.2, -0.15) is 0 Å². The van der Waals surface area contributed by atoms with E-state index in [1.54, 1.807) is 11.3 Å². The first-order valence-electron chi connectivity index (χ1n) is 11.8. The van der Waals surface area contributed by atoms with Crippen LogP contribution >= 0.6 is 11.3 Å². The van der Waals surface area contributed by atoms with Gasteiger partial charge >= 0.3 is 0 Å². The zero-order chi connectivity index (χ0) is 20.8. The van der Waals surface area contributed by atoms with E-state index in [2.05, 4.69) is 55.4 Å². The molecule has 0 spiro atoms. The maximum Gasteiger partial charge on any atom is 0.138 e. The molecule has 1 saturated carbocycles. The Labute approximate surface area is 188 Å². The summed E-state index contributed by atoms with van der Waals surface area (Å²) in [5, 5.41) is 0. The van der Waals surface area contributed by atoms with Crippen LogP contribution in [-0.4, -0.2) is 63.4 Å². The Morgan fingerprint density at radius 1 is 1.10 bits per heavy atom. The van der Waals surface area contributed by atoms with Crippen LogP contribution < -0.4 is 4.90 Å². The third-order valence-corrected chi connectivity index (χ3v) is 8.16. The van der Waals surface area contributed by atoms with E-state index in [0.717, 1.165) is 50.8 Å². The van der Waals surface area contributed by atoms with Gasteiger partial charge in [-0.15, -0.1) is 11.3 Å². The lowest BCUT2D eigenvalue weighted by Crippen LogP contribution is -2.48. The van der Waals surface area contributed by atoms with Gasteiger partial charge in [-0.3, -0.25) is 14.2 Å². The second-order valence-corrected chi connectivity index (χ2v) is 10.5. The third-order valence-electron chi connectivity index (χ3n) is 7.24. The Morgan fingerprint density at radius 2 is 1.97 bits per heavy atom. The maximum atomic E-state index is 5.15. The summed E-state index contributed by atoms with van der Waals surface area (Å²) < 4.78 is 2.34. The van der Waals surface area contributed by atoms with Crippen molar-refractivity contribution >= 4 is 22.8 Å². The summed E-state index contributed by atoms with van der Waals surface area (Å²) in [6.45, 7) is 10.00. The van der Waals surface area contributed by atoms with Crippen molar-refractivity contribution in [2.75, 3.05) is 44.2 Å². The number of anilines is 1. The molecule has 3 aromatic heterocycles. The van der Waals surface area contributed by atoms with Crippen LogP contribution in [0, 0.1) is 12.8 Å². The highest BCUT2D eigenvalue weighted by molar-refractivity contribution is 7.09. The summed E-state index contributed by atoms with van der Waals surface area (Å²) in [5.74, 6) is 2.20. The topological polar surface area (TPSA) is 39.9 Å². The predicted octanol–water partition coefficient (Wildman–Crippen LogP) is 3.97. The first-order chi connectivity index (χ1) is 15.2. The number of nitrogens with zero attached hydrogens (tertiary/aromatic N) is 6. The number of thiazole rings is 1. The number of fused-ring (bicyclic) bond motifs is 1. The molecule has 0 N–H and O–H groups in total. The number of pyridine rings is 1. The van der Waals surface area contributed by atoms with E-state index in [1.807, 2.05) is 5.51 Å². The molecule has 2 saturated heterocycles. The highest BCUT2D eigenvalue weighted by Gasteiger charge is 2.34. The van der Waals surface area contributed by atoms with Crippen molar-refractivity contribution in [2.24, 2.45) is 5.92 Å². The van der Waals surface area contributed by atoms with Crippen LogP contribution in [0.4, 0.5) is 5.82 Å². The molecule has 2 aliphatic heterocycles.